The molecule has 1 saturated heterocycles. The summed E-state index contributed by atoms with van der Waals surface area (Å²) in [5.74, 6) is 0.155. The van der Waals surface area contributed by atoms with Gasteiger partial charge < -0.3 is 4.90 Å². The summed E-state index contributed by atoms with van der Waals surface area (Å²) in [5.41, 5.74) is 4.70. The van der Waals surface area contributed by atoms with Crippen molar-refractivity contribution in [3.05, 3.63) is 64.2 Å². The van der Waals surface area contributed by atoms with Crippen LogP contribution in [0.15, 0.2) is 42.5 Å². The number of hydrogen-bond acceptors (Lipinski definition) is 4. The van der Waals surface area contributed by atoms with E-state index < -0.39 is 0 Å². The first-order chi connectivity index (χ1) is 13.2. The maximum Gasteiger partial charge on any atom is 0.253 e. The zero-order chi connectivity index (χ0) is 18.4. The van der Waals surface area contributed by atoms with Gasteiger partial charge in [-0.2, -0.15) is 0 Å². The SMILES string of the molecule is Cc1nc2ccc(C(=O)N3CCC(N4CCc5ccccc5C4)C3)cc2s1. The Morgan fingerprint density at radius 3 is 2.89 bits per heavy atom. The molecule has 1 amide bonds. The molecule has 0 radical (unpaired) electrons. The minimum absolute atomic E-state index is 0.155. The van der Waals surface area contributed by atoms with Gasteiger partial charge in [0.1, 0.15) is 0 Å². The standard InChI is InChI=1S/C22H23N3OS/c1-15-23-20-7-6-17(12-21(20)27-15)22(26)25-11-9-19(14-25)24-10-8-16-4-2-3-5-18(16)13-24/h2-7,12,19H,8-11,13-14H2,1H3. The van der Waals surface area contributed by atoms with E-state index in [4.69, 9.17) is 0 Å². The summed E-state index contributed by atoms with van der Waals surface area (Å²) in [6, 6.07) is 15.1. The van der Waals surface area contributed by atoms with E-state index in [9.17, 15) is 4.79 Å². The third-order valence-corrected chi connectivity index (χ3v) is 6.80. The average Bonchev–Trinajstić information content (AvgIpc) is 3.32. The summed E-state index contributed by atoms with van der Waals surface area (Å²) in [7, 11) is 0. The zero-order valence-electron chi connectivity index (χ0n) is 15.5. The highest BCUT2D eigenvalue weighted by molar-refractivity contribution is 7.18. The number of carbonyl (C=O) groups excluding carboxylic acids is 1. The molecule has 2 aliphatic heterocycles. The third kappa shape index (κ3) is 3.15. The van der Waals surface area contributed by atoms with Gasteiger partial charge in [0.2, 0.25) is 0 Å². The topological polar surface area (TPSA) is 36.4 Å². The van der Waals surface area contributed by atoms with Gasteiger partial charge in [0.25, 0.3) is 5.91 Å². The zero-order valence-corrected chi connectivity index (χ0v) is 16.3. The summed E-state index contributed by atoms with van der Waals surface area (Å²) >= 11 is 1.65. The number of carbonyl (C=O) groups is 1. The average molecular weight is 378 g/mol. The molecule has 0 spiro atoms. The molecule has 1 atom stereocenters. The second-order valence-electron chi connectivity index (χ2n) is 7.60. The van der Waals surface area contributed by atoms with Crippen LogP contribution >= 0.6 is 11.3 Å². The van der Waals surface area contributed by atoms with Crippen molar-refractivity contribution in [3.63, 3.8) is 0 Å². The van der Waals surface area contributed by atoms with E-state index in [-0.39, 0.29) is 5.91 Å². The second kappa shape index (κ2) is 6.73. The monoisotopic (exact) mass is 377 g/mol. The summed E-state index contributed by atoms with van der Waals surface area (Å²) in [6.07, 6.45) is 2.18. The molecule has 0 N–H and O–H groups in total. The van der Waals surface area contributed by atoms with E-state index in [2.05, 4.69) is 34.1 Å². The molecule has 0 saturated carbocycles. The van der Waals surface area contributed by atoms with Crippen molar-refractivity contribution in [2.45, 2.75) is 32.4 Å². The van der Waals surface area contributed by atoms with Gasteiger partial charge in [0.15, 0.2) is 0 Å². The molecular formula is C22H23N3OS. The fourth-order valence-corrected chi connectivity index (χ4v) is 5.28. The van der Waals surface area contributed by atoms with Crippen LogP contribution in [-0.2, 0) is 13.0 Å². The lowest BCUT2D eigenvalue weighted by molar-refractivity contribution is 0.0773. The van der Waals surface area contributed by atoms with Crippen LogP contribution in [0.3, 0.4) is 0 Å². The van der Waals surface area contributed by atoms with Crippen molar-refractivity contribution >= 4 is 27.5 Å². The Bertz CT molecular complexity index is 1010. The Kier molecular flexibility index (Phi) is 4.21. The molecule has 3 aromatic rings. The minimum Gasteiger partial charge on any atom is -0.337 e. The van der Waals surface area contributed by atoms with E-state index >= 15 is 0 Å². The van der Waals surface area contributed by atoms with E-state index in [1.54, 1.807) is 11.3 Å². The van der Waals surface area contributed by atoms with Gasteiger partial charge in [-0.15, -0.1) is 11.3 Å². The van der Waals surface area contributed by atoms with Gasteiger partial charge >= 0.3 is 0 Å². The van der Waals surface area contributed by atoms with E-state index in [0.29, 0.717) is 6.04 Å². The Balaban J connectivity index is 1.29. The summed E-state index contributed by atoms with van der Waals surface area (Å²) in [6.45, 7) is 5.79. The predicted molar refractivity (Wildman–Crippen MR) is 109 cm³/mol. The number of rotatable bonds is 2. The minimum atomic E-state index is 0.155. The van der Waals surface area contributed by atoms with Gasteiger partial charge in [-0.25, -0.2) is 4.98 Å². The molecule has 5 heteroatoms. The molecule has 1 fully saturated rings. The Morgan fingerprint density at radius 2 is 2.00 bits per heavy atom. The number of aromatic nitrogens is 1. The lowest BCUT2D eigenvalue weighted by Gasteiger charge is -2.33. The maximum absolute atomic E-state index is 13.0. The van der Waals surface area contributed by atoms with Crippen molar-refractivity contribution in [1.29, 1.82) is 0 Å². The fraction of sp³-hybridized carbons (Fsp3) is 0.364. The highest BCUT2D eigenvalue weighted by Crippen LogP contribution is 2.27. The van der Waals surface area contributed by atoms with Crippen molar-refractivity contribution in [3.8, 4) is 0 Å². The van der Waals surface area contributed by atoms with Gasteiger partial charge in [-0.3, -0.25) is 9.69 Å². The van der Waals surface area contributed by atoms with Gasteiger partial charge in [0.05, 0.1) is 15.2 Å². The van der Waals surface area contributed by atoms with Crippen LogP contribution in [0, 0.1) is 6.92 Å². The highest BCUT2D eigenvalue weighted by atomic mass is 32.1. The van der Waals surface area contributed by atoms with Crippen molar-refractivity contribution in [1.82, 2.24) is 14.8 Å². The third-order valence-electron chi connectivity index (χ3n) is 5.87. The summed E-state index contributed by atoms with van der Waals surface area (Å²) in [4.78, 5) is 22.1. The number of amides is 1. The van der Waals surface area contributed by atoms with Crippen molar-refractivity contribution in [2.75, 3.05) is 19.6 Å². The van der Waals surface area contributed by atoms with Crippen LogP contribution in [0.4, 0.5) is 0 Å². The van der Waals surface area contributed by atoms with E-state index in [1.165, 1.54) is 11.1 Å². The first kappa shape index (κ1) is 16.9. The molecule has 2 aromatic carbocycles. The quantitative estimate of drug-likeness (QED) is 0.680. The fourth-order valence-electron chi connectivity index (χ4n) is 4.41. The van der Waals surface area contributed by atoms with E-state index in [1.807, 2.05) is 30.0 Å². The lowest BCUT2D eigenvalue weighted by atomic mass is 9.98. The molecule has 138 valence electrons. The Labute approximate surface area is 163 Å². The normalized spacial score (nSPS) is 20.2. The molecule has 3 heterocycles. The Hall–Kier alpha value is -2.24. The highest BCUT2D eigenvalue weighted by Gasteiger charge is 2.32. The van der Waals surface area contributed by atoms with E-state index in [0.717, 1.165) is 59.8 Å². The van der Waals surface area contributed by atoms with Crippen LogP contribution in [0.1, 0.15) is 32.9 Å². The van der Waals surface area contributed by atoms with Crippen molar-refractivity contribution < 1.29 is 4.79 Å². The number of fused-ring (bicyclic) bond motifs is 2. The number of aryl methyl sites for hydroxylation is 1. The largest absolute Gasteiger partial charge is 0.337 e. The molecule has 1 aromatic heterocycles. The maximum atomic E-state index is 13.0. The number of thiazole rings is 1. The van der Waals surface area contributed by atoms with Crippen LogP contribution in [0.25, 0.3) is 10.2 Å². The first-order valence-corrected chi connectivity index (χ1v) is 10.5. The van der Waals surface area contributed by atoms with Crippen LogP contribution in [0.5, 0.6) is 0 Å². The molecule has 5 rings (SSSR count). The number of nitrogens with zero attached hydrogens (tertiary/aromatic N) is 3. The van der Waals surface area contributed by atoms with Gasteiger partial charge in [-0.05, 0) is 49.1 Å². The number of hydrogen-bond donors (Lipinski definition) is 0. The summed E-state index contributed by atoms with van der Waals surface area (Å²) < 4.78 is 1.10. The molecule has 0 aliphatic carbocycles. The predicted octanol–water partition coefficient (Wildman–Crippen LogP) is 3.88. The summed E-state index contributed by atoms with van der Waals surface area (Å²) in [5, 5.41) is 1.04. The molecule has 4 nitrogen and oxygen atoms in total. The molecule has 2 aliphatic rings. The van der Waals surface area contributed by atoms with Gasteiger partial charge in [-0.1, -0.05) is 24.3 Å². The molecule has 1 unspecified atom stereocenters. The molecular weight excluding hydrogens is 354 g/mol. The molecule has 27 heavy (non-hydrogen) atoms. The number of likely N-dealkylation sites (tertiary alicyclic amines) is 1. The van der Waals surface area contributed by atoms with Crippen molar-refractivity contribution in [2.24, 2.45) is 0 Å². The smallest absolute Gasteiger partial charge is 0.253 e. The van der Waals surface area contributed by atoms with Crippen LogP contribution in [0.2, 0.25) is 0 Å². The van der Waals surface area contributed by atoms with Crippen LogP contribution in [-0.4, -0.2) is 46.4 Å². The first-order valence-electron chi connectivity index (χ1n) is 9.65. The van der Waals surface area contributed by atoms with Crippen LogP contribution < -0.4 is 0 Å². The second-order valence-corrected chi connectivity index (χ2v) is 8.83. The Morgan fingerprint density at radius 1 is 1.15 bits per heavy atom. The number of benzene rings is 2. The lowest BCUT2D eigenvalue weighted by Crippen LogP contribution is -2.41. The van der Waals surface area contributed by atoms with Gasteiger partial charge in [0, 0.05) is 37.8 Å². The molecule has 0 bridgehead atoms.